The Kier molecular flexibility index (Phi) is 4.04. The summed E-state index contributed by atoms with van der Waals surface area (Å²) in [6.45, 7) is 1.28. The van der Waals surface area contributed by atoms with Crippen molar-refractivity contribution in [3.05, 3.63) is 23.8 Å². The number of ether oxygens (including phenoxy) is 3. The summed E-state index contributed by atoms with van der Waals surface area (Å²) in [5, 5.41) is 0. The lowest BCUT2D eigenvalue weighted by Crippen LogP contribution is -2.16. The Morgan fingerprint density at radius 1 is 1.39 bits per heavy atom. The van der Waals surface area contributed by atoms with Crippen LogP contribution < -0.4 is 15.2 Å². The molecule has 0 aromatic heterocycles. The smallest absolute Gasteiger partial charge is 0.307 e. The third-order valence-corrected chi connectivity index (χ3v) is 2.81. The number of carbonyl (C=O) groups is 1. The minimum absolute atomic E-state index is 0.149. The molecule has 98 valence electrons. The Balaban J connectivity index is 2.14. The predicted molar refractivity (Wildman–Crippen MR) is 65.6 cm³/mol. The molecule has 0 saturated heterocycles. The minimum atomic E-state index is -0.394. The van der Waals surface area contributed by atoms with Gasteiger partial charge in [-0.3, -0.25) is 4.79 Å². The Labute approximate surface area is 106 Å². The highest BCUT2D eigenvalue weighted by Gasteiger charge is 2.16. The van der Waals surface area contributed by atoms with Crippen molar-refractivity contribution in [1.29, 1.82) is 0 Å². The van der Waals surface area contributed by atoms with Crippen LogP contribution >= 0.6 is 0 Å². The first kappa shape index (κ1) is 12.7. The molecule has 1 heterocycles. The van der Waals surface area contributed by atoms with Crippen molar-refractivity contribution in [2.75, 3.05) is 20.3 Å². The number of carbonyl (C=O) groups excluding carboxylic acids is 1. The van der Waals surface area contributed by atoms with Crippen molar-refractivity contribution in [3.63, 3.8) is 0 Å². The highest BCUT2D eigenvalue weighted by atomic mass is 16.5. The molecule has 0 fully saturated rings. The van der Waals surface area contributed by atoms with Gasteiger partial charge in [0.25, 0.3) is 0 Å². The molecule has 0 spiro atoms. The van der Waals surface area contributed by atoms with Gasteiger partial charge in [-0.05, 0) is 17.7 Å². The van der Waals surface area contributed by atoms with Crippen molar-refractivity contribution in [2.45, 2.75) is 18.9 Å². The van der Waals surface area contributed by atoms with Gasteiger partial charge in [-0.2, -0.15) is 0 Å². The molecule has 1 aliphatic heterocycles. The molecular weight excluding hydrogens is 234 g/mol. The largest absolute Gasteiger partial charge is 0.490 e. The van der Waals surface area contributed by atoms with Gasteiger partial charge in [0.2, 0.25) is 0 Å². The standard InChI is InChI=1S/C13H17NO4/c1-16-13(15)8-10(14)9-3-4-11-12(7-9)18-6-2-5-17-11/h3-4,7,10H,2,5-6,8,14H2,1H3/t10-/m0/s1. The van der Waals surface area contributed by atoms with Gasteiger partial charge < -0.3 is 19.9 Å². The molecule has 2 N–H and O–H groups in total. The number of fused-ring (bicyclic) bond motifs is 1. The maximum atomic E-state index is 11.2. The molecule has 0 bridgehead atoms. The number of rotatable bonds is 3. The lowest BCUT2D eigenvalue weighted by molar-refractivity contribution is -0.141. The van der Waals surface area contributed by atoms with Crippen LogP contribution in [0, 0.1) is 0 Å². The molecule has 0 unspecified atom stereocenters. The second-order valence-corrected chi connectivity index (χ2v) is 4.14. The number of benzene rings is 1. The normalized spacial score (nSPS) is 15.7. The third-order valence-electron chi connectivity index (χ3n) is 2.81. The third kappa shape index (κ3) is 2.92. The van der Waals surface area contributed by atoms with Crippen LogP contribution in [0.5, 0.6) is 11.5 Å². The van der Waals surface area contributed by atoms with Crippen LogP contribution in [-0.2, 0) is 9.53 Å². The summed E-state index contributed by atoms with van der Waals surface area (Å²) in [5.74, 6) is 1.08. The van der Waals surface area contributed by atoms with E-state index >= 15 is 0 Å². The van der Waals surface area contributed by atoms with Gasteiger partial charge in [0.05, 0.1) is 26.7 Å². The van der Waals surface area contributed by atoms with E-state index in [2.05, 4.69) is 4.74 Å². The van der Waals surface area contributed by atoms with E-state index in [1.54, 1.807) is 0 Å². The molecule has 5 heteroatoms. The number of nitrogens with two attached hydrogens (primary N) is 1. The summed E-state index contributed by atoms with van der Waals surface area (Å²) < 4.78 is 15.7. The van der Waals surface area contributed by atoms with E-state index in [-0.39, 0.29) is 12.4 Å². The molecule has 0 amide bonds. The fourth-order valence-electron chi connectivity index (χ4n) is 1.79. The molecule has 18 heavy (non-hydrogen) atoms. The van der Waals surface area contributed by atoms with Crippen molar-refractivity contribution < 1.29 is 19.0 Å². The number of methoxy groups -OCH3 is 1. The van der Waals surface area contributed by atoms with Gasteiger partial charge in [-0.15, -0.1) is 0 Å². The molecule has 1 aromatic carbocycles. The van der Waals surface area contributed by atoms with E-state index in [9.17, 15) is 4.79 Å². The van der Waals surface area contributed by atoms with Crippen LogP contribution in [0.2, 0.25) is 0 Å². The van der Waals surface area contributed by atoms with E-state index in [1.165, 1.54) is 7.11 Å². The zero-order valence-corrected chi connectivity index (χ0v) is 10.3. The van der Waals surface area contributed by atoms with Crippen molar-refractivity contribution in [1.82, 2.24) is 0 Å². The van der Waals surface area contributed by atoms with Crippen LogP contribution in [0.4, 0.5) is 0 Å². The highest BCUT2D eigenvalue weighted by Crippen LogP contribution is 2.32. The Morgan fingerprint density at radius 3 is 2.83 bits per heavy atom. The highest BCUT2D eigenvalue weighted by molar-refractivity contribution is 5.70. The monoisotopic (exact) mass is 251 g/mol. The van der Waals surface area contributed by atoms with E-state index in [1.807, 2.05) is 18.2 Å². The van der Waals surface area contributed by atoms with Gasteiger partial charge in [-0.25, -0.2) is 0 Å². The fraction of sp³-hybridized carbons (Fsp3) is 0.462. The molecule has 2 rings (SSSR count). The van der Waals surface area contributed by atoms with E-state index in [0.29, 0.717) is 19.0 Å². The summed E-state index contributed by atoms with van der Waals surface area (Å²) in [7, 11) is 1.35. The van der Waals surface area contributed by atoms with Crippen LogP contribution in [0.1, 0.15) is 24.4 Å². The quantitative estimate of drug-likeness (QED) is 0.822. The molecular formula is C13H17NO4. The Morgan fingerprint density at radius 2 is 2.11 bits per heavy atom. The minimum Gasteiger partial charge on any atom is -0.490 e. The maximum Gasteiger partial charge on any atom is 0.307 e. The average molecular weight is 251 g/mol. The average Bonchev–Trinajstić information content (AvgIpc) is 2.62. The van der Waals surface area contributed by atoms with Crippen LogP contribution in [0.25, 0.3) is 0 Å². The molecule has 1 aliphatic rings. The van der Waals surface area contributed by atoms with Gasteiger partial charge in [-0.1, -0.05) is 6.07 Å². The summed E-state index contributed by atoms with van der Waals surface area (Å²) in [4.78, 5) is 11.2. The molecule has 0 aliphatic carbocycles. The Hall–Kier alpha value is -1.75. The summed E-state index contributed by atoms with van der Waals surface area (Å²) in [6, 6.07) is 5.11. The lowest BCUT2D eigenvalue weighted by Gasteiger charge is -2.13. The van der Waals surface area contributed by atoms with Crippen molar-refractivity contribution in [2.24, 2.45) is 5.73 Å². The van der Waals surface area contributed by atoms with Crippen LogP contribution in [0.15, 0.2) is 18.2 Å². The first-order chi connectivity index (χ1) is 8.70. The maximum absolute atomic E-state index is 11.2. The molecule has 0 saturated carbocycles. The van der Waals surface area contributed by atoms with Crippen molar-refractivity contribution >= 4 is 5.97 Å². The number of hydrogen-bond donors (Lipinski definition) is 1. The predicted octanol–water partition coefficient (Wildman–Crippen LogP) is 1.41. The first-order valence-electron chi connectivity index (χ1n) is 5.92. The Bertz CT molecular complexity index is 433. The van der Waals surface area contributed by atoms with Gasteiger partial charge in [0.15, 0.2) is 11.5 Å². The summed E-state index contributed by atoms with van der Waals surface area (Å²) in [6.07, 6.45) is 1.01. The number of hydrogen-bond acceptors (Lipinski definition) is 5. The summed E-state index contributed by atoms with van der Waals surface area (Å²) in [5.41, 5.74) is 6.78. The lowest BCUT2D eigenvalue weighted by atomic mass is 10.0. The zero-order valence-electron chi connectivity index (χ0n) is 10.3. The van der Waals surface area contributed by atoms with Crippen LogP contribution in [-0.4, -0.2) is 26.3 Å². The van der Waals surface area contributed by atoms with Crippen LogP contribution in [0.3, 0.4) is 0 Å². The summed E-state index contributed by atoms with van der Waals surface area (Å²) >= 11 is 0. The van der Waals surface area contributed by atoms with Gasteiger partial charge >= 0.3 is 5.97 Å². The van der Waals surface area contributed by atoms with Gasteiger partial charge in [0, 0.05) is 12.5 Å². The molecule has 5 nitrogen and oxygen atoms in total. The van der Waals surface area contributed by atoms with Crippen molar-refractivity contribution in [3.8, 4) is 11.5 Å². The van der Waals surface area contributed by atoms with Gasteiger partial charge in [0.1, 0.15) is 0 Å². The second kappa shape index (κ2) is 5.73. The SMILES string of the molecule is COC(=O)C[C@H](N)c1ccc2c(c1)OCCCO2. The number of esters is 1. The molecule has 1 aromatic rings. The fourth-order valence-corrected chi connectivity index (χ4v) is 1.79. The first-order valence-corrected chi connectivity index (χ1v) is 5.92. The van der Waals surface area contributed by atoms with E-state index in [0.717, 1.165) is 17.7 Å². The van der Waals surface area contributed by atoms with E-state index < -0.39 is 6.04 Å². The second-order valence-electron chi connectivity index (χ2n) is 4.14. The molecule has 1 atom stereocenters. The molecule has 0 radical (unpaired) electrons. The topological polar surface area (TPSA) is 70.8 Å². The zero-order chi connectivity index (χ0) is 13.0. The van der Waals surface area contributed by atoms with E-state index in [4.69, 9.17) is 15.2 Å².